The van der Waals surface area contributed by atoms with Crippen LogP contribution < -0.4 is 4.74 Å². The predicted molar refractivity (Wildman–Crippen MR) is 87.4 cm³/mol. The summed E-state index contributed by atoms with van der Waals surface area (Å²) < 4.78 is 5.85. The van der Waals surface area contributed by atoms with Crippen molar-refractivity contribution in [2.75, 3.05) is 0 Å². The number of hydrogen-bond donors (Lipinski definition) is 0. The van der Waals surface area contributed by atoms with Crippen molar-refractivity contribution in [1.29, 1.82) is 5.26 Å². The lowest BCUT2D eigenvalue weighted by atomic mass is 10.0. The minimum absolute atomic E-state index is 0.452. The molecule has 0 N–H and O–H groups in total. The average Bonchev–Trinajstić information content (AvgIpc) is 2.61. The van der Waals surface area contributed by atoms with Crippen molar-refractivity contribution in [1.82, 2.24) is 0 Å². The van der Waals surface area contributed by atoms with E-state index < -0.39 is 0 Å². The molecule has 3 aromatic carbocycles. The third-order valence-corrected chi connectivity index (χ3v) is 3.45. The van der Waals surface area contributed by atoms with E-state index in [4.69, 9.17) is 4.74 Å². The molecule has 0 spiro atoms. The maximum Gasteiger partial charge on any atom is 0.138 e. The van der Waals surface area contributed by atoms with Gasteiger partial charge in [-0.05, 0) is 28.8 Å². The van der Waals surface area contributed by atoms with Gasteiger partial charge in [0.2, 0.25) is 0 Å². The molecule has 0 fully saturated rings. The molecule has 0 amide bonds. The van der Waals surface area contributed by atoms with Crippen LogP contribution in [0.1, 0.15) is 11.1 Å². The molecule has 0 saturated carbocycles. The van der Waals surface area contributed by atoms with E-state index in [-0.39, 0.29) is 0 Å². The smallest absolute Gasteiger partial charge is 0.138 e. The lowest BCUT2D eigenvalue weighted by molar-refractivity contribution is 0.305. The maximum atomic E-state index is 9.25. The van der Waals surface area contributed by atoms with Gasteiger partial charge in [-0.3, -0.25) is 0 Å². The van der Waals surface area contributed by atoms with Crippen LogP contribution >= 0.6 is 0 Å². The van der Waals surface area contributed by atoms with Crippen LogP contribution in [0.4, 0.5) is 0 Å². The first-order valence-electron chi connectivity index (χ1n) is 7.13. The van der Waals surface area contributed by atoms with Crippen LogP contribution in [0.3, 0.4) is 0 Å². The Hall–Kier alpha value is -3.05. The van der Waals surface area contributed by atoms with Crippen molar-refractivity contribution in [3.05, 3.63) is 90.0 Å². The van der Waals surface area contributed by atoms with E-state index in [0.717, 1.165) is 16.7 Å². The Morgan fingerprint density at radius 2 is 1.45 bits per heavy atom. The van der Waals surface area contributed by atoms with Crippen molar-refractivity contribution in [3.63, 3.8) is 0 Å². The van der Waals surface area contributed by atoms with Gasteiger partial charge in [-0.1, -0.05) is 66.7 Å². The Morgan fingerprint density at radius 1 is 0.773 bits per heavy atom. The second kappa shape index (κ2) is 6.60. The largest absolute Gasteiger partial charge is 0.488 e. The molecule has 0 aliphatic carbocycles. The van der Waals surface area contributed by atoms with Gasteiger partial charge in [-0.2, -0.15) is 5.26 Å². The van der Waals surface area contributed by atoms with Gasteiger partial charge in [0.25, 0.3) is 0 Å². The van der Waals surface area contributed by atoms with Crippen LogP contribution in [0, 0.1) is 11.3 Å². The SMILES string of the molecule is N#Cc1ccc(-c2ccccc2)cc1OCc1ccccc1. The fourth-order valence-corrected chi connectivity index (χ4v) is 2.28. The number of ether oxygens (including phenoxy) is 1. The maximum absolute atomic E-state index is 9.25. The molecule has 0 aromatic heterocycles. The molecule has 106 valence electrons. The highest BCUT2D eigenvalue weighted by atomic mass is 16.5. The molecule has 3 aromatic rings. The van der Waals surface area contributed by atoms with Crippen LogP contribution in [-0.2, 0) is 6.61 Å². The molecule has 0 radical (unpaired) electrons. The van der Waals surface area contributed by atoms with E-state index in [9.17, 15) is 5.26 Å². The van der Waals surface area contributed by atoms with Gasteiger partial charge in [-0.15, -0.1) is 0 Å². The predicted octanol–water partition coefficient (Wildman–Crippen LogP) is 4.80. The molecule has 0 atom stereocenters. The number of nitriles is 1. The van der Waals surface area contributed by atoms with Crippen molar-refractivity contribution < 1.29 is 4.74 Å². The fraction of sp³-hybridized carbons (Fsp3) is 0.0500. The summed E-state index contributed by atoms with van der Waals surface area (Å²) in [6, 6.07) is 27.9. The molecule has 0 aliphatic heterocycles. The molecule has 3 rings (SSSR count). The summed E-state index contributed by atoms with van der Waals surface area (Å²) in [7, 11) is 0. The summed E-state index contributed by atoms with van der Waals surface area (Å²) in [5.41, 5.74) is 3.78. The first-order valence-corrected chi connectivity index (χ1v) is 7.13. The normalized spacial score (nSPS) is 9.95. The van der Waals surface area contributed by atoms with Crippen LogP contribution in [0.2, 0.25) is 0 Å². The molecule has 0 unspecified atom stereocenters. The number of benzene rings is 3. The summed E-state index contributed by atoms with van der Waals surface area (Å²) >= 11 is 0. The molecular formula is C20H15NO. The van der Waals surface area contributed by atoms with E-state index >= 15 is 0 Å². The van der Waals surface area contributed by atoms with Crippen LogP contribution in [0.25, 0.3) is 11.1 Å². The Bertz CT molecular complexity index is 789. The summed E-state index contributed by atoms with van der Waals surface area (Å²) in [5.74, 6) is 0.618. The summed E-state index contributed by atoms with van der Waals surface area (Å²) in [5, 5.41) is 9.25. The Labute approximate surface area is 130 Å². The van der Waals surface area contributed by atoms with Crippen molar-refractivity contribution in [3.8, 4) is 22.9 Å². The second-order valence-electron chi connectivity index (χ2n) is 4.96. The minimum atomic E-state index is 0.452. The highest BCUT2D eigenvalue weighted by Gasteiger charge is 2.06. The summed E-state index contributed by atoms with van der Waals surface area (Å²) in [4.78, 5) is 0. The van der Waals surface area contributed by atoms with Gasteiger partial charge in [0.15, 0.2) is 0 Å². The molecule has 2 nitrogen and oxygen atoms in total. The van der Waals surface area contributed by atoms with Gasteiger partial charge in [0.1, 0.15) is 18.4 Å². The number of rotatable bonds is 4. The van der Waals surface area contributed by atoms with E-state index in [1.165, 1.54) is 0 Å². The van der Waals surface area contributed by atoms with Crippen molar-refractivity contribution in [2.24, 2.45) is 0 Å². The molecule has 0 bridgehead atoms. The van der Waals surface area contributed by atoms with Gasteiger partial charge < -0.3 is 4.74 Å². The van der Waals surface area contributed by atoms with E-state index in [2.05, 4.69) is 6.07 Å². The highest BCUT2D eigenvalue weighted by molar-refractivity contribution is 5.67. The molecule has 22 heavy (non-hydrogen) atoms. The van der Waals surface area contributed by atoms with Crippen molar-refractivity contribution >= 4 is 0 Å². The fourth-order valence-electron chi connectivity index (χ4n) is 2.28. The first-order chi connectivity index (χ1) is 10.9. The monoisotopic (exact) mass is 285 g/mol. The zero-order valence-corrected chi connectivity index (χ0v) is 12.1. The van der Waals surface area contributed by atoms with Crippen LogP contribution in [0.15, 0.2) is 78.9 Å². The highest BCUT2D eigenvalue weighted by Crippen LogP contribution is 2.27. The third kappa shape index (κ3) is 3.16. The van der Waals surface area contributed by atoms with E-state index in [1.54, 1.807) is 0 Å². The van der Waals surface area contributed by atoms with E-state index in [1.807, 2.05) is 78.9 Å². The van der Waals surface area contributed by atoms with Gasteiger partial charge in [0.05, 0.1) is 5.56 Å². The summed E-state index contributed by atoms with van der Waals surface area (Å²) in [6.45, 7) is 0.452. The zero-order valence-electron chi connectivity index (χ0n) is 12.1. The molecule has 0 saturated heterocycles. The standard InChI is InChI=1S/C20H15NO/c21-14-19-12-11-18(17-9-5-2-6-10-17)13-20(19)22-15-16-7-3-1-4-8-16/h1-13H,15H2. The minimum Gasteiger partial charge on any atom is -0.488 e. The molecule has 0 heterocycles. The average molecular weight is 285 g/mol. The van der Waals surface area contributed by atoms with E-state index in [0.29, 0.717) is 17.9 Å². The molecule has 2 heteroatoms. The van der Waals surface area contributed by atoms with Crippen LogP contribution in [-0.4, -0.2) is 0 Å². The quantitative estimate of drug-likeness (QED) is 0.689. The van der Waals surface area contributed by atoms with Gasteiger partial charge >= 0.3 is 0 Å². The number of nitrogens with zero attached hydrogens (tertiary/aromatic N) is 1. The van der Waals surface area contributed by atoms with Gasteiger partial charge in [0, 0.05) is 0 Å². The molecular weight excluding hydrogens is 270 g/mol. The van der Waals surface area contributed by atoms with Crippen molar-refractivity contribution in [2.45, 2.75) is 6.61 Å². The first kappa shape index (κ1) is 13.9. The Balaban J connectivity index is 1.87. The molecule has 0 aliphatic rings. The lowest BCUT2D eigenvalue weighted by Gasteiger charge is -2.10. The number of hydrogen-bond acceptors (Lipinski definition) is 2. The Morgan fingerprint density at radius 3 is 2.14 bits per heavy atom. The summed E-state index contributed by atoms with van der Waals surface area (Å²) in [6.07, 6.45) is 0. The second-order valence-corrected chi connectivity index (χ2v) is 4.96. The lowest BCUT2D eigenvalue weighted by Crippen LogP contribution is -1.97. The third-order valence-electron chi connectivity index (χ3n) is 3.45. The van der Waals surface area contributed by atoms with Crippen LogP contribution in [0.5, 0.6) is 5.75 Å². The Kier molecular flexibility index (Phi) is 4.17. The van der Waals surface area contributed by atoms with Gasteiger partial charge in [-0.25, -0.2) is 0 Å². The topological polar surface area (TPSA) is 33.0 Å². The zero-order chi connectivity index (χ0) is 15.2.